The van der Waals surface area contributed by atoms with Crippen molar-refractivity contribution in [2.45, 2.75) is 13.5 Å². The van der Waals surface area contributed by atoms with Crippen LogP contribution in [0.25, 0.3) is 6.08 Å². The molecule has 0 aromatic heterocycles. The second-order valence-electron chi connectivity index (χ2n) is 6.21. The number of ether oxygens (including phenoxy) is 2. The Labute approximate surface area is 183 Å². The zero-order valence-corrected chi connectivity index (χ0v) is 17.8. The lowest BCUT2D eigenvalue weighted by molar-refractivity contribution is -0.123. The fourth-order valence-corrected chi connectivity index (χ4v) is 3.84. The van der Waals surface area contributed by atoms with E-state index in [9.17, 15) is 14.0 Å². The summed E-state index contributed by atoms with van der Waals surface area (Å²) in [5, 5.41) is -0.323. The molecule has 3 rings (SSSR count). The highest BCUT2D eigenvalue weighted by Gasteiger charge is 2.35. The summed E-state index contributed by atoms with van der Waals surface area (Å²) in [6.45, 7) is 6.01. The maximum absolute atomic E-state index is 14.1. The summed E-state index contributed by atoms with van der Waals surface area (Å²) in [7, 11) is 0. The Balaban J connectivity index is 1.84. The SMILES string of the molecule is C=CCOc1ccc(/C=C2\SC(=O)N(Cc3c(F)cccc3Cl)C2=O)cc1OCC. The van der Waals surface area contributed by atoms with Gasteiger partial charge in [0.15, 0.2) is 11.5 Å². The number of rotatable bonds is 8. The van der Waals surface area contributed by atoms with Gasteiger partial charge in [0.2, 0.25) is 0 Å². The van der Waals surface area contributed by atoms with Crippen molar-refractivity contribution in [1.82, 2.24) is 4.90 Å². The van der Waals surface area contributed by atoms with Crippen LogP contribution in [0.2, 0.25) is 5.02 Å². The number of benzene rings is 2. The van der Waals surface area contributed by atoms with E-state index < -0.39 is 17.0 Å². The van der Waals surface area contributed by atoms with Crippen molar-refractivity contribution >= 4 is 40.6 Å². The molecule has 30 heavy (non-hydrogen) atoms. The van der Waals surface area contributed by atoms with Gasteiger partial charge >= 0.3 is 0 Å². The van der Waals surface area contributed by atoms with Gasteiger partial charge in [0.25, 0.3) is 11.1 Å². The first-order valence-electron chi connectivity index (χ1n) is 9.13. The quantitative estimate of drug-likeness (QED) is 0.385. The van der Waals surface area contributed by atoms with Crippen LogP contribution in [-0.2, 0) is 11.3 Å². The maximum atomic E-state index is 14.1. The fourth-order valence-electron chi connectivity index (χ4n) is 2.78. The summed E-state index contributed by atoms with van der Waals surface area (Å²) in [5.41, 5.74) is 0.767. The molecule has 1 saturated heterocycles. The molecule has 156 valence electrons. The molecule has 0 aliphatic carbocycles. The molecular weight excluding hydrogens is 429 g/mol. The van der Waals surface area contributed by atoms with Crippen molar-refractivity contribution in [2.75, 3.05) is 13.2 Å². The van der Waals surface area contributed by atoms with Crippen LogP contribution in [0.5, 0.6) is 11.5 Å². The summed E-state index contributed by atoms with van der Waals surface area (Å²) in [4.78, 5) is 26.3. The average molecular weight is 448 g/mol. The molecule has 2 amide bonds. The van der Waals surface area contributed by atoms with Gasteiger partial charge in [0, 0.05) is 10.6 Å². The van der Waals surface area contributed by atoms with Gasteiger partial charge in [-0.1, -0.05) is 36.4 Å². The summed E-state index contributed by atoms with van der Waals surface area (Å²) in [6.07, 6.45) is 3.22. The van der Waals surface area contributed by atoms with Gasteiger partial charge in [-0.15, -0.1) is 0 Å². The van der Waals surface area contributed by atoms with Gasteiger partial charge in [0.1, 0.15) is 12.4 Å². The Hall–Kier alpha value is -2.77. The van der Waals surface area contributed by atoms with Crippen molar-refractivity contribution in [3.8, 4) is 11.5 Å². The minimum atomic E-state index is -0.568. The number of halogens is 2. The zero-order chi connectivity index (χ0) is 21.7. The molecule has 0 unspecified atom stereocenters. The molecule has 1 heterocycles. The molecule has 2 aromatic rings. The van der Waals surface area contributed by atoms with E-state index in [1.54, 1.807) is 30.4 Å². The number of carbonyl (C=O) groups is 2. The predicted molar refractivity (Wildman–Crippen MR) is 116 cm³/mol. The highest BCUT2D eigenvalue weighted by Crippen LogP contribution is 2.36. The number of imide groups is 1. The number of carbonyl (C=O) groups excluding carboxylic acids is 2. The molecular formula is C22H19ClFNO4S. The lowest BCUT2D eigenvalue weighted by atomic mass is 10.1. The maximum Gasteiger partial charge on any atom is 0.293 e. The van der Waals surface area contributed by atoms with Crippen LogP contribution in [-0.4, -0.2) is 29.3 Å². The van der Waals surface area contributed by atoms with Gasteiger partial charge in [-0.25, -0.2) is 4.39 Å². The Kier molecular flexibility index (Phi) is 7.18. The minimum Gasteiger partial charge on any atom is -0.490 e. The summed E-state index contributed by atoms with van der Waals surface area (Å²) in [5.74, 6) is -0.00192. The second-order valence-corrected chi connectivity index (χ2v) is 7.61. The molecule has 0 bridgehead atoms. The first kappa shape index (κ1) is 21.9. The van der Waals surface area contributed by atoms with Crippen LogP contribution in [0.15, 0.2) is 54.0 Å². The average Bonchev–Trinajstić information content (AvgIpc) is 2.97. The van der Waals surface area contributed by atoms with Crippen LogP contribution in [0, 0.1) is 5.82 Å². The Morgan fingerprint density at radius 1 is 1.20 bits per heavy atom. The summed E-state index contributed by atoms with van der Waals surface area (Å²) < 4.78 is 25.2. The highest BCUT2D eigenvalue weighted by molar-refractivity contribution is 8.18. The first-order valence-corrected chi connectivity index (χ1v) is 10.3. The third kappa shape index (κ3) is 4.86. The van der Waals surface area contributed by atoms with Crippen molar-refractivity contribution < 1.29 is 23.5 Å². The van der Waals surface area contributed by atoms with E-state index in [0.29, 0.717) is 30.3 Å². The number of nitrogens with zero attached hydrogens (tertiary/aromatic N) is 1. The van der Waals surface area contributed by atoms with Gasteiger partial charge in [-0.3, -0.25) is 14.5 Å². The van der Waals surface area contributed by atoms with E-state index in [2.05, 4.69) is 6.58 Å². The van der Waals surface area contributed by atoms with Crippen molar-refractivity contribution in [3.63, 3.8) is 0 Å². The lowest BCUT2D eigenvalue weighted by Gasteiger charge is -2.14. The topological polar surface area (TPSA) is 55.8 Å². The highest BCUT2D eigenvalue weighted by atomic mass is 35.5. The van der Waals surface area contributed by atoms with Gasteiger partial charge < -0.3 is 9.47 Å². The van der Waals surface area contributed by atoms with Gasteiger partial charge in [0.05, 0.1) is 18.1 Å². The minimum absolute atomic E-state index is 0.102. The van der Waals surface area contributed by atoms with Crippen LogP contribution in [0.1, 0.15) is 18.1 Å². The third-order valence-electron chi connectivity index (χ3n) is 4.17. The summed E-state index contributed by atoms with van der Waals surface area (Å²) >= 11 is 6.82. The first-order chi connectivity index (χ1) is 14.4. The van der Waals surface area contributed by atoms with Crippen LogP contribution in [0.3, 0.4) is 0 Å². The Bertz CT molecular complexity index is 1000. The number of hydrogen-bond acceptors (Lipinski definition) is 5. The molecule has 0 N–H and O–H groups in total. The van der Waals surface area contributed by atoms with Crippen LogP contribution < -0.4 is 9.47 Å². The largest absolute Gasteiger partial charge is 0.490 e. The van der Waals surface area contributed by atoms with E-state index in [0.717, 1.165) is 16.7 Å². The van der Waals surface area contributed by atoms with Crippen molar-refractivity contribution in [2.24, 2.45) is 0 Å². The molecule has 1 aliphatic heterocycles. The standard InChI is InChI=1S/C22H19ClFNO4S/c1-3-10-29-18-9-8-14(11-19(18)28-4-2)12-20-21(26)25(22(27)30-20)13-15-16(23)6-5-7-17(15)24/h3,5-9,11-12H,1,4,10,13H2,2H3/b20-12-. The molecule has 1 aliphatic rings. The lowest BCUT2D eigenvalue weighted by Crippen LogP contribution is -2.28. The van der Waals surface area contributed by atoms with Crippen LogP contribution >= 0.6 is 23.4 Å². The van der Waals surface area contributed by atoms with Crippen molar-refractivity contribution in [3.05, 3.63) is 75.9 Å². The van der Waals surface area contributed by atoms with E-state index in [4.69, 9.17) is 21.1 Å². The zero-order valence-electron chi connectivity index (χ0n) is 16.2. The number of amides is 2. The smallest absolute Gasteiger partial charge is 0.293 e. The normalized spacial score (nSPS) is 15.0. The Morgan fingerprint density at radius 2 is 2.00 bits per heavy atom. The molecule has 8 heteroatoms. The second kappa shape index (κ2) is 9.82. The molecule has 2 aromatic carbocycles. The molecule has 1 fully saturated rings. The monoisotopic (exact) mass is 447 g/mol. The van der Waals surface area contributed by atoms with E-state index in [1.165, 1.54) is 18.2 Å². The molecule has 0 saturated carbocycles. The van der Waals surface area contributed by atoms with E-state index in [1.807, 2.05) is 6.92 Å². The number of hydrogen-bond donors (Lipinski definition) is 0. The predicted octanol–water partition coefficient (Wildman–Crippen LogP) is 5.68. The summed E-state index contributed by atoms with van der Waals surface area (Å²) in [6, 6.07) is 9.42. The van der Waals surface area contributed by atoms with Gasteiger partial charge in [-0.2, -0.15) is 0 Å². The molecule has 5 nitrogen and oxygen atoms in total. The molecule has 0 spiro atoms. The van der Waals surface area contributed by atoms with Gasteiger partial charge in [-0.05, 0) is 54.6 Å². The van der Waals surface area contributed by atoms with E-state index in [-0.39, 0.29) is 22.0 Å². The fraction of sp³-hybridized carbons (Fsp3) is 0.182. The van der Waals surface area contributed by atoms with Crippen molar-refractivity contribution in [1.29, 1.82) is 0 Å². The van der Waals surface area contributed by atoms with E-state index >= 15 is 0 Å². The third-order valence-corrected chi connectivity index (χ3v) is 5.44. The molecule has 0 radical (unpaired) electrons. The number of thioether (sulfide) groups is 1. The van der Waals surface area contributed by atoms with Crippen LogP contribution in [0.4, 0.5) is 9.18 Å². The Morgan fingerprint density at radius 3 is 2.70 bits per heavy atom. The molecule has 0 atom stereocenters.